The van der Waals surface area contributed by atoms with E-state index in [2.05, 4.69) is 18.8 Å². The van der Waals surface area contributed by atoms with Gasteiger partial charge in [-0.2, -0.15) is 0 Å². The standard InChI is InChI=1S/C10H17NO/c1-7(2)10-11-8-5-3-4-6-9(8)12-10/h7-9H,3-6H2,1-2H3/t8-,9+/m1/s1. The molecule has 2 aliphatic rings. The van der Waals surface area contributed by atoms with Crippen LogP contribution in [0, 0.1) is 5.92 Å². The van der Waals surface area contributed by atoms with Crippen LogP contribution in [0.3, 0.4) is 0 Å². The SMILES string of the molecule is CC(C)C1=N[C@@H]2CCCC[C@@H]2O1. The van der Waals surface area contributed by atoms with Crippen LogP contribution < -0.4 is 0 Å². The maximum Gasteiger partial charge on any atom is 0.186 e. The molecule has 2 atom stereocenters. The zero-order valence-corrected chi connectivity index (χ0v) is 7.92. The van der Waals surface area contributed by atoms with Crippen molar-refractivity contribution in [2.75, 3.05) is 0 Å². The number of hydrogen-bond donors (Lipinski definition) is 0. The number of fused-ring (bicyclic) bond motifs is 1. The molecule has 68 valence electrons. The summed E-state index contributed by atoms with van der Waals surface area (Å²) >= 11 is 0. The Morgan fingerprint density at radius 1 is 1.33 bits per heavy atom. The molecule has 1 fully saturated rings. The van der Waals surface area contributed by atoms with E-state index in [0.717, 1.165) is 5.90 Å². The molecule has 1 aliphatic heterocycles. The highest BCUT2D eigenvalue weighted by atomic mass is 16.5. The topological polar surface area (TPSA) is 21.6 Å². The average Bonchev–Trinajstić information content (AvgIpc) is 2.46. The second kappa shape index (κ2) is 3.08. The van der Waals surface area contributed by atoms with Gasteiger partial charge in [-0.1, -0.05) is 20.3 Å². The van der Waals surface area contributed by atoms with Crippen LogP contribution in [-0.2, 0) is 4.74 Å². The minimum Gasteiger partial charge on any atom is -0.475 e. The van der Waals surface area contributed by atoms with E-state index in [1.54, 1.807) is 0 Å². The van der Waals surface area contributed by atoms with E-state index in [0.29, 0.717) is 18.1 Å². The molecule has 12 heavy (non-hydrogen) atoms. The molecule has 2 nitrogen and oxygen atoms in total. The molecule has 0 N–H and O–H groups in total. The summed E-state index contributed by atoms with van der Waals surface area (Å²) < 4.78 is 5.78. The summed E-state index contributed by atoms with van der Waals surface area (Å²) in [5.74, 6) is 1.46. The van der Waals surface area contributed by atoms with Gasteiger partial charge >= 0.3 is 0 Å². The molecule has 0 radical (unpaired) electrons. The second-order valence-electron chi connectivity index (χ2n) is 4.13. The molecule has 1 aliphatic carbocycles. The van der Waals surface area contributed by atoms with Gasteiger partial charge in [-0.25, -0.2) is 4.99 Å². The molecular formula is C10H17NO. The molecule has 1 saturated carbocycles. The van der Waals surface area contributed by atoms with Gasteiger partial charge < -0.3 is 4.74 Å². The normalized spacial score (nSPS) is 34.4. The van der Waals surface area contributed by atoms with Crippen molar-refractivity contribution < 1.29 is 4.74 Å². The summed E-state index contributed by atoms with van der Waals surface area (Å²) in [4.78, 5) is 4.60. The molecule has 2 rings (SSSR count). The van der Waals surface area contributed by atoms with Crippen LogP contribution in [-0.4, -0.2) is 18.0 Å². The van der Waals surface area contributed by atoms with Gasteiger partial charge in [-0.15, -0.1) is 0 Å². The van der Waals surface area contributed by atoms with Gasteiger partial charge in [0, 0.05) is 5.92 Å². The predicted molar refractivity (Wildman–Crippen MR) is 49.4 cm³/mol. The lowest BCUT2D eigenvalue weighted by atomic mass is 9.94. The van der Waals surface area contributed by atoms with Crippen LogP contribution in [0.4, 0.5) is 0 Å². The van der Waals surface area contributed by atoms with E-state index >= 15 is 0 Å². The third kappa shape index (κ3) is 1.35. The number of hydrogen-bond acceptors (Lipinski definition) is 2. The highest BCUT2D eigenvalue weighted by Gasteiger charge is 2.33. The summed E-state index contributed by atoms with van der Waals surface area (Å²) in [6, 6.07) is 0.496. The summed E-state index contributed by atoms with van der Waals surface area (Å²) in [7, 11) is 0. The van der Waals surface area contributed by atoms with E-state index in [-0.39, 0.29) is 0 Å². The van der Waals surface area contributed by atoms with Crippen molar-refractivity contribution in [1.29, 1.82) is 0 Å². The highest BCUT2D eigenvalue weighted by Crippen LogP contribution is 2.29. The molecule has 0 aromatic rings. The summed E-state index contributed by atoms with van der Waals surface area (Å²) in [5, 5.41) is 0. The Bertz CT molecular complexity index is 198. The average molecular weight is 167 g/mol. The van der Waals surface area contributed by atoms with Gasteiger partial charge in [0.1, 0.15) is 6.10 Å². The molecule has 0 saturated heterocycles. The Labute approximate surface area is 74.0 Å². The third-order valence-corrected chi connectivity index (χ3v) is 2.73. The largest absolute Gasteiger partial charge is 0.475 e. The van der Waals surface area contributed by atoms with E-state index in [1.165, 1.54) is 25.7 Å². The van der Waals surface area contributed by atoms with Crippen molar-refractivity contribution in [3.05, 3.63) is 0 Å². The maximum atomic E-state index is 5.78. The van der Waals surface area contributed by atoms with Crippen LogP contribution in [0.25, 0.3) is 0 Å². The van der Waals surface area contributed by atoms with E-state index in [4.69, 9.17) is 4.74 Å². The van der Waals surface area contributed by atoms with Crippen molar-refractivity contribution in [2.45, 2.75) is 51.7 Å². The first kappa shape index (κ1) is 8.09. The number of aliphatic imine (C=N–C) groups is 1. The van der Waals surface area contributed by atoms with Gasteiger partial charge in [0.05, 0.1) is 6.04 Å². The van der Waals surface area contributed by atoms with Crippen LogP contribution in [0.15, 0.2) is 4.99 Å². The molecule has 1 heterocycles. The van der Waals surface area contributed by atoms with Gasteiger partial charge in [-0.3, -0.25) is 0 Å². The first-order valence-corrected chi connectivity index (χ1v) is 5.01. The minimum atomic E-state index is 0.427. The van der Waals surface area contributed by atoms with Gasteiger partial charge in [0.15, 0.2) is 5.90 Å². The molecule has 0 aromatic carbocycles. The number of ether oxygens (including phenoxy) is 1. The molecular weight excluding hydrogens is 150 g/mol. The summed E-state index contributed by atoms with van der Waals surface area (Å²) in [6.45, 7) is 4.30. The Hall–Kier alpha value is -0.530. The van der Waals surface area contributed by atoms with Crippen molar-refractivity contribution in [3.8, 4) is 0 Å². The molecule has 0 bridgehead atoms. The van der Waals surface area contributed by atoms with E-state index < -0.39 is 0 Å². The highest BCUT2D eigenvalue weighted by molar-refractivity contribution is 5.79. The molecule has 0 aromatic heterocycles. The number of rotatable bonds is 1. The first-order valence-electron chi connectivity index (χ1n) is 5.01. The van der Waals surface area contributed by atoms with E-state index in [1.807, 2.05) is 0 Å². The number of nitrogens with zero attached hydrogens (tertiary/aromatic N) is 1. The minimum absolute atomic E-state index is 0.427. The van der Waals surface area contributed by atoms with Crippen molar-refractivity contribution in [2.24, 2.45) is 10.9 Å². The van der Waals surface area contributed by atoms with Crippen molar-refractivity contribution in [3.63, 3.8) is 0 Å². The van der Waals surface area contributed by atoms with Crippen LogP contribution in [0.2, 0.25) is 0 Å². The fourth-order valence-electron chi connectivity index (χ4n) is 2.00. The predicted octanol–water partition coefficient (Wildman–Crippen LogP) is 2.38. The van der Waals surface area contributed by atoms with Crippen LogP contribution in [0.5, 0.6) is 0 Å². The summed E-state index contributed by atoms with van der Waals surface area (Å²) in [6.07, 6.45) is 5.53. The van der Waals surface area contributed by atoms with Crippen molar-refractivity contribution >= 4 is 5.90 Å². The van der Waals surface area contributed by atoms with E-state index in [9.17, 15) is 0 Å². The molecule has 0 unspecified atom stereocenters. The smallest absolute Gasteiger partial charge is 0.186 e. The lowest BCUT2D eigenvalue weighted by Crippen LogP contribution is -2.26. The lowest BCUT2D eigenvalue weighted by molar-refractivity contribution is 0.146. The molecule has 0 spiro atoms. The first-order chi connectivity index (χ1) is 5.77. The Balaban J connectivity index is 2.04. The fraction of sp³-hybridized carbons (Fsp3) is 0.900. The fourth-order valence-corrected chi connectivity index (χ4v) is 2.00. The van der Waals surface area contributed by atoms with Crippen LogP contribution in [0.1, 0.15) is 39.5 Å². The van der Waals surface area contributed by atoms with Gasteiger partial charge in [0.2, 0.25) is 0 Å². The molecule has 0 amide bonds. The molecule has 2 heteroatoms. The Morgan fingerprint density at radius 2 is 2.08 bits per heavy atom. The van der Waals surface area contributed by atoms with Crippen LogP contribution >= 0.6 is 0 Å². The zero-order valence-electron chi connectivity index (χ0n) is 7.92. The second-order valence-corrected chi connectivity index (χ2v) is 4.13. The zero-order chi connectivity index (χ0) is 8.55. The van der Waals surface area contributed by atoms with Gasteiger partial charge in [0.25, 0.3) is 0 Å². The third-order valence-electron chi connectivity index (χ3n) is 2.73. The quantitative estimate of drug-likeness (QED) is 0.587. The lowest BCUT2D eigenvalue weighted by Gasteiger charge is -2.22. The van der Waals surface area contributed by atoms with Crippen molar-refractivity contribution in [1.82, 2.24) is 0 Å². The maximum absolute atomic E-state index is 5.78. The Morgan fingerprint density at radius 3 is 2.75 bits per heavy atom. The Kier molecular flexibility index (Phi) is 2.07. The summed E-state index contributed by atoms with van der Waals surface area (Å²) in [5.41, 5.74) is 0. The van der Waals surface area contributed by atoms with Gasteiger partial charge in [-0.05, 0) is 19.3 Å². The monoisotopic (exact) mass is 167 g/mol.